The number of allylic oxidation sites excluding steroid dienone is 2. The van der Waals surface area contributed by atoms with E-state index in [1.54, 1.807) is 6.08 Å². The fourth-order valence-corrected chi connectivity index (χ4v) is 1.37. The summed E-state index contributed by atoms with van der Waals surface area (Å²) >= 11 is 0. The number of carbonyl (C=O) groups is 1. The van der Waals surface area contributed by atoms with Gasteiger partial charge in [0, 0.05) is 5.41 Å². The van der Waals surface area contributed by atoms with Crippen LogP contribution in [0.25, 0.3) is 0 Å². The van der Waals surface area contributed by atoms with Gasteiger partial charge in [0.2, 0.25) is 0 Å². The van der Waals surface area contributed by atoms with E-state index in [4.69, 9.17) is 0 Å². The quantitative estimate of drug-likeness (QED) is 0.570. The molecule has 1 nitrogen and oxygen atoms in total. The van der Waals surface area contributed by atoms with Gasteiger partial charge in [-0.25, -0.2) is 0 Å². The summed E-state index contributed by atoms with van der Waals surface area (Å²) < 4.78 is 0. The van der Waals surface area contributed by atoms with Gasteiger partial charge in [0.15, 0.2) is 5.78 Å². The predicted molar refractivity (Wildman–Crippen MR) is 66.9 cm³/mol. The first-order valence-electron chi connectivity index (χ1n) is 6.21. The highest BCUT2D eigenvalue weighted by atomic mass is 16.1. The first-order valence-corrected chi connectivity index (χ1v) is 6.21. The highest BCUT2D eigenvalue weighted by Crippen LogP contribution is 2.27. The van der Waals surface area contributed by atoms with Crippen molar-refractivity contribution in [2.45, 2.75) is 60.3 Å². The van der Waals surface area contributed by atoms with Crippen molar-refractivity contribution < 1.29 is 4.79 Å². The standard InChI is InChI=1S/C14H26O/c1-6-12(4)10-9-11-13(15)14(5,7-2)8-3/h9,11-12H,6-8,10H2,1-5H3. The van der Waals surface area contributed by atoms with Gasteiger partial charge in [-0.05, 0) is 31.3 Å². The summed E-state index contributed by atoms with van der Waals surface area (Å²) in [6.45, 7) is 10.6. The van der Waals surface area contributed by atoms with Crippen molar-refractivity contribution in [3.8, 4) is 0 Å². The molecule has 0 amide bonds. The van der Waals surface area contributed by atoms with Crippen molar-refractivity contribution in [2.75, 3.05) is 0 Å². The van der Waals surface area contributed by atoms with E-state index >= 15 is 0 Å². The van der Waals surface area contributed by atoms with E-state index in [1.165, 1.54) is 6.42 Å². The van der Waals surface area contributed by atoms with Gasteiger partial charge in [-0.15, -0.1) is 0 Å². The Morgan fingerprint density at radius 2 is 1.80 bits per heavy atom. The summed E-state index contributed by atoms with van der Waals surface area (Å²) in [4.78, 5) is 11.9. The van der Waals surface area contributed by atoms with Crippen molar-refractivity contribution in [3.63, 3.8) is 0 Å². The molecule has 0 spiro atoms. The molecule has 0 aromatic carbocycles. The third-order valence-corrected chi connectivity index (χ3v) is 3.66. The average Bonchev–Trinajstić information content (AvgIpc) is 2.27. The Kier molecular flexibility index (Phi) is 6.55. The van der Waals surface area contributed by atoms with E-state index in [-0.39, 0.29) is 11.2 Å². The van der Waals surface area contributed by atoms with Gasteiger partial charge in [0.1, 0.15) is 0 Å². The van der Waals surface area contributed by atoms with Crippen molar-refractivity contribution in [3.05, 3.63) is 12.2 Å². The van der Waals surface area contributed by atoms with Crippen LogP contribution in [-0.4, -0.2) is 5.78 Å². The second kappa shape index (κ2) is 6.81. The van der Waals surface area contributed by atoms with Gasteiger partial charge in [-0.1, -0.05) is 47.1 Å². The van der Waals surface area contributed by atoms with Crippen LogP contribution in [0.2, 0.25) is 0 Å². The van der Waals surface area contributed by atoms with E-state index in [2.05, 4.69) is 34.6 Å². The van der Waals surface area contributed by atoms with Gasteiger partial charge in [-0.2, -0.15) is 0 Å². The molecule has 0 fully saturated rings. The van der Waals surface area contributed by atoms with Crippen LogP contribution in [0.4, 0.5) is 0 Å². The highest BCUT2D eigenvalue weighted by molar-refractivity contribution is 5.94. The molecular formula is C14H26O. The molecule has 0 aromatic rings. The lowest BCUT2D eigenvalue weighted by molar-refractivity contribution is -0.123. The van der Waals surface area contributed by atoms with Crippen LogP contribution in [0, 0.1) is 11.3 Å². The molecule has 0 heterocycles. The maximum atomic E-state index is 11.9. The van der Waals surface area contributed by atoms with Crippen molar-refractivity contribution in [2.24, 2.45) is 11.3 Å². The Morgan fingerprint density at radius 1 is 1.27 bits per heavy atom. The van der Waals surface area contributed by atoms with Crippen LogP contribution in [0.5, 0.6) is 0 Å². The molecule has 0 radical (unpaired) electrons. The zero-order valence-corrected chi connectivity index (χ0v) is 11.0. The minimum atomic E-state index is -0.147. The third kappa shape index (κ3) is 4.63. The fourth-order valence-electron chi connectivity index (χ4n) is 1.37. The number of carbonyl (C=O) groups excluding carboxylic acids is 1. The van der Waals surface area contributed by atoms with Crippen LogP contribution in [0.3, 0.4) is 0 Å². The molecule has 0 rings (SSSR count). The molecule has 0 saturated carbocycles. The molecule has 0 N–H and O–H groups in total. The Hall–Kier alpha value is -0.590. The molecule has 0 aromatic heterocycles. The van der Waals surface area contributed by atoms with E-state index in [0.29, 0.717) is 5.92 Å². The van der Waals surface area contributed by atoms with Crippen molar-refractivity contribution in [1.29, 1.82) is 0 Å². The summed E-state index contributed by atoms with van der Waals surface area (Å²) in [7, 11) is 0. The average molecular weight is 210 g/mol. The monoisotopic (exact) mass is 210 g/mol. The SMILES string of the molecule is CCC(C)CC=CC(=O)C(C)(CC)CC. The van der Waals surface area contributed by atoms with Crippen LogP contribution >= 0.6 is 0 Å². The first kappa shape index (κ1) is 14.4. The van der Waals surface area contributed by atoms with Crippen molar-refractivity contribution >= 4 is 5.78 Å². The molecule has 88 valence electrons. The van der Waals surface area contributed by atoms with Crippen LogP contribution in [0.1, 0.15) is 60.3 Å². The van der Waals surface area contributed by atoms with Crippen LogP contribution < -0.4 is 0 Å². The largest absolute Gasteiger partial charge is 0.294 e. The molecule has 1 unspecified atom stereocenters. The second-order valence-corrected chi connectivity index (χ2v) is 4.78. The van der Waals surface area contributed by atoms with Crippen LogP contribution in [-0.2, 0) is 4.79 Å². The molecule has 0 bridgehead atoms. The molecule has 1 heteroatoms. The molecule has 1 atom stereocenters. The maximum Gasteiger partial charge on any atom is 0.161 e. The summed E-state index contributed by atoms with van der Waals surface area (Å²) in [6, 6.07) is 0. The third-order valence-electron chi connectivity index (χ3n) is 3.66. The minimum Gasteiger partial charge on any atom is -0.294 e. The summed E-state index contributed by atoms with van der Waals surface area (Å²) in [5.41, 5.74) is -0.147. The van der Waals surface area contributed by atoms with Gasteiger partial charge >= 0.3 is 0 Å². The topological polar surface area (TPSA) is 17.1 Å². The predicted octanol–water partition coefficient (Wildman–Crippen LogP) is 4.37. The molecule has 15 heavy (non-hydrogen) atoms. The Labute approximate surface area is 95.0 Å². The molecule has 0 aliphatic heterocycles. The fraction of sp³-hybridized carbons (Fsp3) is 0.786. The lowest BCUT2D eigenvalue weighted by Crippen LogP contribution is -2.24. The van der Waals surface area contributed by atoms with Crippen molar-refractivity contribution in [1.82, 2.24) is 0 Å². The Balaban J connectivity index is 4.23. The Bertz CT molecular complexity index is 211. The van der Waals surface area contributed by atoms with Gasteiger partial charge in [0.25, 0.3) is 0 Å². The van der Waals surface area contributed by atoms with E-state index in [0.717, 1.165) is 19.3 Å². The summed E-state index contributed by atoms with van der Waals surface area (Å²) in [6.07, 6.45) is 7.88. The smallest absolute Gasteiger partial charge is 0.161 e. The first-order chi connectivity index (χ1) is 7.00. The minimum absolute atomic E-state index is 0.147. The zero-order chi connectivity index (χ0) is 11.9. The normalized spacial score (nSPS) is 14.5. The maximum absolute atomic E-state index is 11.9. The lowest BCUT2D eigenvalue weighted by atomic mass is 9.80. The van der Waals surface area contributed by atoms with Crippen LogP contribution in [0.15, 0.2) is 12.2 Å². The van der Waals surface area contributed by atoms with Gasteiger partial charge in [-0.3, -0.25) is 4.79 Å². The number of hydrogen-bond acceptors (Lipinski definition) is 1. The number of rotatable bonds is 7. The Morgan fingerprint density at radius 3 is 2.20 bits per heavy atom. The van der Waals surface area contributed by atoms with Gasteiger partial charge in [0.05, 0.1) is 0 Å². The number of hydrogen-bond donors (Lipinski definition) is 0. The molecule has 0 aliphatic rings. The van der Waals surface area contributed by atoms with E-state index < -0.39 is 0 Å². The number of ketones is 1. The summed E-state index contributed by atoms with van der Waals surface area (Å²) in [5.74, 6) is 0.972. The lowest BCUT2D eigenvalue weighted by Gasteiger charge is -2.22. The summed E-state index contributed by atoms with van der Waals surface area (Å²) in [5, 5.41) is 0. The molecular weight excluding hydrogens is 184 g/mol. The molecule has 0 saturated heterocycles. The van der Waals surface area contributed by atoms with Gasteiger partial charge < -0.3 is 0 Å². The zero-order valence-electron chi connectivity index (χ0n) is 11.0. The second-order valence-electron chi connectivity index (χ2n) is 4.78. The molecule has 0 aliphatic carbocycles. The van der Waals surface area contributed by atoms with E-state index in [1.807, 2.05) is 6.08 Å². The van der Waals surface area contributed by atoms with E-state index in [9.17, 15) is 4.79 Å². The highest BCUT2D eigenvalue weighted by Gasteiger charge is 2.26.